The van der Waals surface area contributed by atoms with Crippen molar-refractivity contribution in [1.29, 1.82) is 0 Å². The van der Waals surface area contributed by atoms with Crippen LogP contribution < -0.4 is 5.32 Å². The Morgan fingerprint density at radius 1 is 1.22 bits per heavy atom. The highest BCUT2D eigenvalue weighted by Gasteiger charge is 2.04. The Morgan fingerprint density at radius 2 is 1.94 bits per heavy atom. The summed E-state index contributed by atoms with van der Waals surface area (Å²) in [5.41, 5.74) is 1.70. The van der Waals surface area contributed by atoms with Gasteiger partial charge in [-0.05, 0) is 31.2 Å². The smallest absolute Gasteiger partial charge is 0.126 e. The van der Waals surface area contributed by atoms with Crippen LogP contribution in [0.3, 0.4) is 0 Å². The van der Waals surface area contributed by atoms with E-state index in [1.165, 1.54) is 12.1 Å². The average Bonchev–Trinajstić information content (AvgIpc) is 2.73. The Balaban J connectivity index is 2.04. The fourth-order valence-corrected chi connectivity index (χ4v) is 1.88. The van der Waals surface area contributed by atoms with E-state index >= 15 is 0 Å². The van der Waals surface area contributed by atoms with E-state index in [0.717, 1.165) is 18.3 Å². The molecule has 3 nitrogen and oxygen atoms in total. The summed E-state index contributed by atoms with van der Waals surface area (Å²) in [7, 11) is 1.86. The monoisotopic (exact) mass is 251 g/mol. The molecule has 2 rings (SSSR count). The van der Waals surface area contributed by atoms with Crippen molar-refractivity contribution < 1.29 is 8.78 Å². The van der Waals surface area contributed by atoms with Crippen molar-refractivity contribution in [2.45, 2.75) is 19.5 Å². The predicted octanol–water partition coefficient (Wildman–Crippen LogP) is 2.12. The van der Waals surface area contributed by atoms with Crippen LogP contribution in [0.2, 0.25) is 0 Å². The maximum absolute atomic E-state index is 13.0. The Morgan fingerprint density at radius 3 is 2.61 bits per heavy atom. The van der Waals surface area contributed by atoms with Gasteiger partial charge in [-0.2, -0.15) is 0 Å². The van der Waals surface area contributed by atoms with Crippen LogP contribution in [0.1, 0.15) is 11.3 Å². The molecule has 0 atom stereocenters. The lowest BCUT2D eigenvalue weighted by molar-refractivity contribution is 0.574. The highest BCUT2D eigenvalue weighted by atomic mass is 19.1. The van der Waals surface area contributed by atoms with E-state index < -0.39 is 11.6 Å². The summed E-state index contributed by atoms with van der Waals surface area (Å²) in [6.45, 7) is 1.37. The zero-order valence-corrected chi connectivity index (χ0v) is 10.2. The molecule has 0 fully saturated rings. The van der Waals surface area contributed by atoms with Crippen molar-refractivity contribution in [3.8, 4) is 0 Å². The molecular weight excluding hydrogens is 236 g/mol. The lowest BCUT2D eigenvalue weighted by Gasteiger charge is -2.08. The third kappa shape index (κ3) is 3.13. The summed E-state index contributed by atoms with van der Waals surface area (Å²) in [5, 5.41) is 3.05. The predicted molar refractivity (Wildman–Crippen MR) is 65.1 cm³/mol. The molecule has 18 heavy (non-hydrogen) atoms. The Kier molecular flexibility index (Phi) is 4.04. The third-order valence-corrected chi connectivity index (χ3v) is 2.72. The van der Waals surface area contributed by atoms with Crippen LogP contribution in [0.5, 0.6) is 0 Å². The van der Waals surface area contributed by atoms with E-state index in [2.05, 4.69) is 10.3 Å². The second-order valence-electron chi connectivity index (χ2n) is 4.14. The van der Waals surface area contributed by atoms with Gasteiger partial charge in [0.2, 0.25) is 0 Å². The van der Waals surface area contributed by atoms with Gasteiger partial charge in [-0.15, -0.1) is 0 Å². The Bertz CT molecular complexity index is 502. The second kappa shape index (κ2) is 5.73. The fourth-order valence-electron chi connectivity index (χ4n) is 1.88. The van der Waals surface area contributed by atoms with E-state index in [1.807, 2.05) is 11.6 Å². The zero-order valence-electron chi connectivity index (χ0n) is 10.2. The van der Waals surface area contributed by atoms with Crippen LogP contribution in [0.25, 0.3) is 0 Å². The molecular formula is C13H15F2N3. The molecule has 0 saturated heterocycles. The number of hydrogen-bond donors (Lipinski definition) is 1. The average molecular weight is 251 g/mol. The van der Waals surface area contributed by atoms with E-state index in [9.17, 15) is 8.78 Å². The first kappa shape index (κ1) is 12.7. The molecule has 0 saturated carbocycles. The molecule has 0 spiro atoms. The number of nitrogens with zero attached hydrogens (tertiary/aromatic N) is 2. The van der Waals surface area contributed by atoms with Gasteiger partial charge in [0.25, 0.3) is 0 Å². The number of halogens is 2. The first-order valence-corrected chi connectivity index (χ1v) is 5.77. The van der Waals surface area contributed by atoms with Gasteiger partial charge in [-0.25, -0.2) is 13.8 Å². The number of imidazole rings is 1. The Hall–Kier alpha value is -1.75. The molecule has 0 aliphatic rings. The first-order valence-electron chi connectivity index (χ1n) is 5.77. The van der Waals surface area contributed by atoms with Crippen molar-refractivity contribution >= 4 is 0 Å². The molecule has 0 aliphatic heterocycles. The number of nitrogens with one attached hydrogen (secondary N) is 1. The lowest BCUT2D eigenvalue weighted by atomic mass is 10.1. The number of aryl methyl sites for hydroxylation is 2. The summed E-state index contributed by atoms with van der Waals surface area (Å²) >= 11 is 0. The highest BCUT2D eigenvalue weighted by molar-refractivity contribution is 5.18. The van der Waals surface area contributed by atoms with Crippen LogP contribution in [-0.2, 0) is 19.5 Å². The number of rotatable bonds is 5. The van der Waals surface area contributed by atoms with Crippen molar-refractivity contribution in [1.82, 2.24) is 14.9 Å². The van der Waals surface area contributed by atoms with Crippen LogP contribution in [0.15, 0.2) is 30.7 Å². The molecule has 0 radical (unpaired) electrons. The van der Waals surface area contributed by atoms with Gasteiger partial charge in [-0.1, -0.05) is 0 Å². The van der Waals surface area contributed by atoms with E-state index in [-0.39, 0.29) is 0 Å². The summed E-state index contributed by atoms with van der Waals surface area (Å²) < 4.78 is 28.0. The molecule has 1 aromatic heterocycles. The highest BCUT2D eigenvalue weighted by Crippen LogP contribution is 2.10. The standard InChI is InChI=1S/C13H15F2N3/c1-16-7-13-8-17-9-18(13)3-2-10-4-11(14)6-12(15)5-10/h4-6,8-9,16H,2-3,7H2,1H3. The van der Waals surface area contributed by atoms with Gasteiger partial charge in [0.15, 0.2) is 0 Å². The first-order chi connectivity index (χ1) is 8.69. The molecule has 0 amide bonds. The molecule has 5 heteroatoms. The summed E-state index contributed by atoms with van der Waals surface area (Å²) in [4.78, 5) is 4.06. The van der Waals surface area contributed by atoms with Gasteiger partial charge in [0, 0.05) is 25.4 Å². The molecule has 0 aliphatic carbocycles. The fraction of sp³-hybridized carbons (Fsp3) is 0.308. The lowest BCUT2D eigenvalue weighted by Crippen LogP contribution is -2.11. The van der Waals surface area contributed by atoms with Crippen molar-refractivity contribution in [3.63, 3.8) is 0 Å². The van der Waals surface area contributed by atoms with Gasteiger partial charge in [0.1, 0.15) is 11.6 Å². The number of benzene rings is 1. The largest absolute Gasteiger partial charge is 0.333 e. The quantitative estimate of drug-likeness (QED) is 0.882. The van der Waals surface area contributed by atoms with Gasteiger partial charge in [-0.3, -0.25) is 0 Å². The zero-order chi connectivity index (χ0) is 13.0. The Labute approximate surface area is 104 Å². The minimum Gasteiger partial charge on any atom is -0.333 e. The summed E-state index contributed by atoms with van der Waals surface area (Å²) in [6.07, 6.45) is 4.08. The van der Waals surface area contributed by atoms with Crippen LogP contribution in [-0.4, -0.2) is 16.6 Å². The molecule has 96 valence electrons. The van der Waals surface area contributed by atoms with Gasteiger partial charge < -0.3 is 9.88 Å². The van der Waals surface area contributed by atoms with Crippen LogP contribution >= 0.6 is 0 Å². The van der Waals surface area contributed by atoms with Crippen molar-refractivity contribution in [2.24, 2.45) is 0 Å². The molecule has 0 bridgehead atoms. The minimum absolute atomic E-state index is 0.536. The van der Waals surface area contributed by atoms with Crippen LogP contribution in [0.4, 0.5) is 8.78 Å². The maximum atomic E-state index is 13.0. The number of aromatic nitrogens is 2. The van der Waals surface area contributed by atoms with E-state index in [1.54, 1.807) is 12.5 Å². The molecule has 1 heterocycles. The third-order valence-electron chi connectivity index (χ3n) is 2.72. The van der Waals surface area contributed by atoms with Crippen LogP contribution in [0, 0.1) is 11.6 Å². The normalized spacial score (nSPS) is 10.8. The molecule has 0 unspecified atom stereocenters. The second-order valence-corrected chi connectivity index (χ2v) is 4.14. The summed E-state index contributed by atoms with van der Waals surface area (Å²) in [6, 6.07) is 3.60. The minimum atomic E-state index is -0.536. The molecule has 2 aromatic rings. The van der Waals surface area contributed by atoms with Crippen molar-refractivity contribution in [3.05, 3.63) is 53.6 Å². The van der Waals surface area contributed by atoms with Crippen molar-refractivity contribution in [2.75, 3.05) is 7.05 Å². The maximum Gasteiger partial charge on any atom is 0.126 e. The van der Waals surface area contributed by atoms with E-state index in [4.69, 9.17) is 0 Å². The van der Waals surface area contributed by atoms with Gasteiger partial charge >= 0.3 is 0 Å². The molecule has 1 N–H and O–H groups in total. The van der Waals surface area contributed by atoms with E-state index in [0.29, 0.717) is 18.5 Å². The number of hydrogen-bond acceptors (Lipinski definition) is 2. The molecule has 1 aromatic carbocycles. The summed E-state index contributed by atoms with van der Waals surface area (Å²) in [5.74, 6) is -1.07. The SMILES string of the molecule is CNCc1cncn1CCc1cc(F)cc(F)c1. The van der Waals surface area contributed by atoms with Gasteiger partial charge in [0.05, 0.1) is 12.0 Å². The topological polar surface area (TPSA) is 29.9 Å².